The van der Waals surface area contributed by atoms with E-state index in [0.717, 1.165) is 0 Å². The number of guanidine groups is 1. The Hall–Kier alpha value is -4.76. The smallest absolute Gasteiger partial charge is 0.306 e. The van der Waals surface area contributed by atoms with E-state index in [1.54, 1.807) is 0 Å². The Morgan fingerprint density at radius 2 is 1.54 bits per heavy atom. The molecule has 214 valence electrons. The van der Waals surface area contributed by atoms with Gasteiger partial charge in [0.1, 0.15) is 18.1 Å². The third-order valence-electron chi connectivity index (χ3n) is 5.23. The van der Waals surface area contributed by atoms with Gasteiger partial charge in [-0.05, 0) is 38.8 Å². The van der Waals surface area contributed by atoms with Gasteiger partial charge in [0, 0.05) is 30.8 Å². The highest BCUT2D eigenvalue weighted by molar-refractivity contribution is 5.98. The number of ether oxygens (including phenoxy) is 1. The molecule has 0 aliphatic heterocycles. The van der Waals surface area contributed by atoms with Crippen LogP contribution in [0.4, 0.5) is 11.4 Å². The number of methoxy groups -OCH3 is 1. The number of nitrogens with one attached hydrogen (secondary N) is 4. The lowest BCUT2D eigenvalue weighted by atomic mass is 10.1. The minimum absolute atomic E-state index is 0.131. The molecule has 0 saturated carbocycles. The maximum absolute atomic E-state index is 12.9. The number of carbonyl (C=O) groups is 5. The number of anilines is 1. The van der Waals surface area contributed by atoms with Gasteiger partial charge < -0.3 is 37.5 Å². The molecule has 0 aromatic heterocycles. The highest BCUT2D eigenvalue weighted by atomic mass is 16.6. The van der Waals surface area contributed by atoms with E-state index in [4.69, 9.17) is 11.5 Å². The predicted molar refractivity (Wildman–Crippen MR) is 140 cm³/mol. The van der Waals surface area contributed by atoms with Gasteiger partial charge in [-0.3, -0.25) is 39.1 Å². The molecule has 4 amide bonds. The number of nitro benzene ring substituents is 1. The zero-order valence-corrected chi connectivity index (χ0v) is 21.9. The molecule has 3 unspecified atom stereocenters. The second-order valence-corrected chi connectivity index (χ2v) is 8.40. The molecule has 16 heteroatoms. The SMILES string of the molecule is COC(=O)CCC(=O)NC(C)C(=O)NC(C)C(=O)NC(CCCN=C(N)N)C(=O)Nc1ccc([N+](=O)[O-])cc1. The summed E-state index contributed by atoms with van der Waals surface area (Å²) in [6.45, 7) is 2.99. The summed E-state index contributed by atoms with van der Waals surface area (Å²) < 4.78 is 4.46. The Bertz CT molecular complexity index is 1070. The van der Waals surface area contributed by atoms with Crippen LogP contribution < -0.4 is 32.7 Å². The van der Waals surface area contributed by atoms with Crippen molar-refractivity contribution in [3.8, 4) is 0 Å². The van der Waals surface area contributed by atoms with Crippen molar-refractivity contribution in [1.29, 1.82) is 0 Å². The maximum atomic E-state index is 12.9. The Balaban J connectivity index is 2.78. The fourth-order valence-corrected chi connectivity index (χ4v) is 3.07. The second kappa shape index (κ2) is 16.2. The van der Waals surface area contributed by atoms with Gasteiger partial charge in [-0.15, -0.1) is 0 Å². The summed E-state index contributed by atoms with van der Waals surface area (Å²) in [4.78, 5) is 75.2. The molecule has 8 N–H and O–H groups in total. The van der Waals surface area contributed by atoms with Gasteiger partial charge in [-0.25, -0.2) is 0 Å². The summed E-state index contributed by atoms with van der Waals surface area (Å²) in [5.41, 5.74) is 10.7. The quantitative estimate of drug-likeness (QED) is 0.0389. The maximum Gasteiger partial charge on any atom is 0.306 e. The summed E-state index contributed by atoms with van der Waals surface area (Å²) >= 11 is 0. The molecule has 0 heterocycles. The molecule has 0 radical (unpaired) electrons. The van der Waals surface area contributed by atoms with Crippen LogP contribution in [0.5, 0.6) is 0 Å². The zero-order valence-electron chi connectivity index (χ0n) is 21.9. The summed E-state index contributed by atoms with van der Waals surface area (Å²) in [7, 11) is 1.19. The zero-order chi connectivity index (χ0) is 29.5. The number of amides is 4. The van der Waals surface area contributed by atoms with E-state index in [1.807, 2.05) is 0 Å². The van der Waals surface area contributed by atoms with Gasteiger partial charge in [-0.2, -0.15) is 0 Å². The number of benzene rings is 1. The minimum Gasteiger partial charge on any atom is -0.469 e. The van der Waals surface area contributed by atoms with E-state index in [-0.39, 0.29) is 43.1 Å². The summed E-state index contributed by atoms with van der Waals surface area (Å²) in [5, 5.41) is 20.8. The highest BCUT2D eigenvalue weighted by Gasteiger charge is 2.26. The van der Waals surface area contributed by atoms with Crippen molar-refractivity contribution in [3.05, 3.63) is 34.4 Å². The van der Waals surface area contributed by atoms with Crippen molar-refractivity contribution in [2.24, 2.45) is 16.5 Å². The molecular formula is C23H34N8O8. The third-order valence-corrected chi connectivity index (χ3v) is 5.23. The number of nitrogens with zero attached hydrogens (tertiary/aromatic N) is 2. The Morgan fingerprint density at radius 3 is 2.10 bits per heavy atom. The van der Waals surface area contributed by atoms with E-state index in [2.05, 4.69) is 31.0 Å². The minimum atomic E-state index is -1.08. The van der Waals surface area contributed by atoms with E-state index >= 15 is 0 Å². The van der Waals surface area contributed by atoms with Crippen LogP contribution in [-0.2, 0) is 28.7 Å². The average Bonchev–Trinajstić information content (AvgIpc) is 2.88. The molecule has 39 heavy (non-hydrogen) atoms. The first-order valence-electron chi connectivity index (χ1n) is 11.9. The number of carbonyl (C=O) groups excluding carboxylic acids is 5. The average molecular weight is 551 g/mol. The fraction of sp³-hybridized carbons (Fsp3) is 0.478. The predicted octanol–water partition coefficient (Wildman–Crippen LogP) is -0.966. The number of hydrogen-bond donors (Lipinski definition) is 6. The van der Waals surface area contributed by atoms with Gasteiger partial charge >= 0.3 is 5.97 Å². The van der Waals surface area contributed by atoms with Crippen molar-refractivity contribution >= 4 is 46.9 Å². The van der Waals surface area contributed by atoms with Crippen LogP contribution in [0.2, 0.25) is 0 Å². The molecule has 0 bridgehead atoms. The van der Waals surface area contributed by atoms with Crippen molar-refractivity contribution in [1.82, 2.24) is 16.0 Å². The number of non-ortho nitro benzene ring substituents is 1. The third kappa shape index (κ3) is 12.4. The normalized spacial score (nSPS) is 12.6. The summed E-state index contributed by atoms with van der Waals surface area (Å²) in [6.07, 6.45) is 0.133. The standard InChI is InChI=1S/C23H34N8O8/c1-13(27-18(32)10-11-19(33)39-3)20(34)28-14(2)21(35)30-17(5-4-12-26-23(24)25)22(36)29-15-6-8-16(9-7-15)31(37)38/h6-9,13-14,17H,4-5,10-12H2,1-3H3,(H,27,32)(H,28,34)(H,29,36)(H,30,35)(H4,24,25,26). The Kier molecular flexibility index (Phi) is 13.4. The first-order chi connectivity index (χ1) is 18.3. The lowest BCUT2D eigenvalue weighted by Crippen LogP contribution is -2.54. The van der Waals surface area contributed by atoms with Crippen molar-refractivity contribution in [3.63, 3.8) is 0 Å². The van der Waals surface area contributed by atoms with E-state index < -0.39 is 52.6 Å². The molecule has 3 atom stereocenters. The highest BCUT2D eigenvalue weighted by Crippen LogP contribution is 2.16. The lowest BCUT2D eigenvalue weighted by Gasteiger charge is -2.22. The number of hydrogen-bond acceptors (Lipinski definition) is 9. The second-order valence-electron chi connectivity index (χ2n) is 8.40. The number of rotatable bonds is 15. The molecular weight excluding hydrogens is 516 g/mol. The van der Waals surface area contributed by atoms with Crippen LogP contribution in [0.3, 0.4) is 0 Å². The van der Waals surface area contributed by atoms with Crippen LogP contribution >= 0.6 is 0 Å². The van der Waals surface area contributed by atoms with Gasteiger partial charge in [0.15, 0.2) is 5.96 Å². The molecule has 0 aliphatic carbocycles. The number of esters is 1. The number of nitrogens with two attached hydrogens (primary N) is 2. The van der Waals surface area contributed by atoms with Crippen LogP contribution in [0.1, 0.15) is 39.5 Å². The molecule has 1 aromatic rings. The van der Waals surface area contributed by atoms with E-state index in [9.17, 15) is 34.1 Å². The first kappa shape index (κ1) is 32.3. The largest absolute Gasteiger partial charge is 0.469 e. The molecule has 0 fully saturated rings. The number of nitro groups is 1. The monoisotopic (exact) mass is 550 g/mol. The fourth-order valence-electron chi connectivity index (χ4n) is 3.07. The molecule has 0 spiro atoms. The Morgan fingerprint density at radius 1 is 0.949 bits per heavy atom. The van der Waals surface area contributed by atoms with Crippen LogP contribution in [0, 0.1) is 10.1 Å². The van der Waals surface area contributed by atoms with Crippen LogP contribution in [0.15, 0.2) is 29.3 Å². The van der Waals surface area contributed by atoms with Gasteiger partial charge in [-0.1, -0.05) is 0 Å². The summed E-state index contributed by atoms with van der Waals surface area (Å²) in [6, 6.07) is 1.97. The summed E-state index contributed by atoms with van der Waals surface area (Å²) in [5.74, 6) is -3.20. The van der Waals surface area contributed by atoms with Gasteiger partial charge in [0.25, 0.3) is 5.69 Å². The topological polar surface area (TPSA) is 250 Å². The molecule has 1 aromatic carbocycles. The van der Waals surface area contributed by atoms with Crippen molar-refractivity contribution in [2.45, 2.75) is 57.7 Å². The molecule has 16 nitrogen and oxygen atoms in total. The van der Waals surface area contributed by atoms with Gasteiger partial charge in [0.05, 0.1) is 18.5 Å². The van der Waals surface area contributed by atoms with E-state index in [0.29, 0.717) is 6.42 Å². The molecule has 0 aliphatic rings. The van der Waals surface area contributed by atoms with Crippen molar-refractivity contribution < 1.29 is 33.6 Å². The van der Waals surface area contributed by atoms with Crippen LogP contribution in [0.25, 0.3) is 0 Å². The van der Waals surface area contributed by atoms with Gasteiger partial charge in [0.2, 0.25) is 23.6 Å². The molecule has 1 rings (SSSR count). The number of aliphatic imine (C=N–C) groups is 1. The van der Waals surface area contributed by atoms with Crippen LogP contribution in [-0.4, -0.2) is 72.3 Å². The van der Waals surface area contributed by atoms with E-state index in [1.165, 1.54) is 45.2 Å². The molecule has 0 saturated heterocycles. The Labute approximate surface area is 224 Å². The first-order valence-corrected chi connectivity index (χ1v) is 11.9. The van der Waals surface area contributed by atoms with Crippen molar-refractivity contribution in [2.75, 3.05) is 19.0 Å². The lowest BCUT2D eigenvalue weighted by molar-refractivity contribution is -0.384.